The Balaban J connectivity index is 3.02. The molecule has 2 N–H and O–H groups in total. The van der Waals surface area contributed by atoms with Crippen molar-refractivity contribution in [1.82, 2.24) is 39.0 Å². The number of nitrogens with one attached hydrogen (secondary N) is 2. The molecule has 0 atom stereocenters. The number of nitrogens with zero attached hydrogens (tertiary/aromatic N) is 6. The molecule has 0 radical (unpaired) electrons. The van der Waals surface area contributed by atoms with Gasteiger partial charge in [-0.3, -0.25) is 14.6 Å². The second-order valence-corrected chi connectivity index (χ2v) is 11.5. The smallest absolute Gasteiger partial charge is 0.336 e. The topological polar surface area (TPSA) is 234 Å². The van der Waals surface area contributed by atoms with E-state index in [0.29, 0.717) is 13.0 Å². The van der Waals surface area contributed by atoms with Gasteiger partial charge in [0.25, 0.3) is 0 Å². The summed E-state index contributed by atoms with van der Waals surface area (Å²) >= 11 is 0. The molecule has 0 aromatic carbocycles. The molecule has 0 aliphatic rings. The van der Waals surface area contributed by atoms with Crippen LogP contribution in [0.2, 0.25) is 0 Å². The van der Waals surface area contributed by atoms with Gasteiger partial charge in [-0.15, -0.1) is 0 Å². The van der Waals surface area contributed by atoms with Crippen molar-refractivity contribution in [3.63, 3.8) is 0 Å². The van der Waals surface area contributed by atoms with Gasteiger partial charge in [-0.1, -0.05) is 0 Å². The number of methoxy groups -OCH3 is 6. The first-order valence-corrected chi connectivity index (χ1v) is 17.6. The van der Waals surface area contributed by atoms with Crippen molar-refractivity contribution in [3.05, 3.63) is 31.5 Å². The van der Waals surface area contributed by atoms with E-state index in [0.717, 1.165) is 13.7 Å². The SMILES string of the molecule is COCCC(=O)N(CCCOCCn1c(=O)n(CCOCCN(COC)C(=O)NCOC)c(=O)n(CCOCCN(COC)C(=O)NCOC)c1=O)COC. The van der Waals surface area contributed by atoms with Crippen molar-refractivity contribution < 1.29 is 57.0 Å². The molecule has 1 aromatic rings. The number of hydrogen-bond donors (Lipinski definition) is 2. The second kappa shape index (κ2) is 30.3. The lowest BCUT2D eigenvalue weighted by Gasteiger charge is -2.22. The molecule has 0 unspecified atom stereocenters. The van der Waals surface area contributed by atoms with E-state index in [1.54, 1.807) is 0 Å². The van der Waals surface area contributed by atoms with Gasteiger partial charge in [-0.2, -0.15) is 0 Å². The number of aromatic nitrogens is 3. The maximum absolute atomic E-state index is 13.5. The van der Waals surface area contributed by atoms with Gasteiger partial charge in [-0.05, 0) is 6.42 Å². The van der Waals surface area contributed by atoms with Crippen LogP contribution in [-0.4, -0.2) is 189 Å². The summed E-state index contributed by atoms with van der Waals surface area (Å²) in [6, 6.07) is -0.877. The van der Waals surface area contributed by atoms with E-state index >= 15 is 0 Å². The van der Waals surface area contributed by atoms with Crippen molar-refractivity contribution in [1.29, 1.82) is 0 Å². The lowest BCUT2D eigenvalue weighted by Crippen LogP contribution is -2.55. The highest BCUT2D eigenvalue weighted by Gasteiger charge is 2.18. The van der Waals surface area contributed by atoms with Crippen LogP contribution in [0.15, 0.2) is 14.4 Å². The zero-order chi connectivity index (χ0) is 40.8. The molecule has 0 spiro atoms. The van der Waals surface area contributed by atoms with E-state index in [4.69, 9.17) is 42.6 Å². The Hall–Kier alpha value is -3.94. The van der Waals surface area contributed by atoms with Gasteiger partial charge in [-0.25, -0.2) is 37.7 Å². The second-order valence-electron chi connectivity index (χ2n) is 11.5. The first kappa shape index (κ1) is 49.1. The Morgan fingerprint density at radius 1 is 0.491 bits per heavy atom. The Morgan fingerprint density at radius 3 is 1.27 bits per heavy atom. The number of ether oxygens (including phenoxy) is 9. The Labute approximate surface area is 320 Å². The molecule has 0 fully saturated rings. The Morgan fingerprint density at radius 2 is 0.891 bits per heavy atom. The lowest BCUT2D eigenvalue weighted by atomic mass is 10.3. The molecule has 1 heterocycles. The van der Waals surface area contributed by atoms with E-state index in [2.05, 4.69) is 10.6 Å². The minimum Gasteiger partial charge on any atom is -0.384 e. The van der Waals surface area contributed by atoms with Crippen LogP contribution in [0.1, 0.15) is 12.8 Å². The largest absolute Gasteiger partial charge is 0.384 e. The van der Waals surface area contributed by atoms with E-state index in [1.807, 2.05) is 0 Å². The van der Waals surface area contributed by atoms with Gasteiger partial charge >= 0.3 is 29.1 Å². The summed E-state index contributed by atoms with van der Waals surface area (Å²) < 4.78 is 49.5. The third kappa shape index (κ3) is 19.0. The molecule has 23 nitrogen and oxygen atoms in total. The zero-order valence-corrected chi connectivity index (χ0v) is 32.9. The molecular weight excluding hydrogens is 736 g/mol. The molecular formula is C32H60N8O15. The lowest BCUT2D eigenvalue weighted by molar-refractivity contribution is -0.137. The molecule has 23 heteroatoms. The van der Waals surface area contributed by atoms with Crippen molar-refractivity contribution >= 4 is 18.0 Å². The quantitative estimate of drug-likeness (QED) is 0.0568. The van der Waals surface area contributed by atoms with E-state index in [-0.39, 0.29) is 125 Å². The molecule has 0 bridgehead atoms. The van der Waals surface area contributed by atoms with E-state index in [1.165, 1.54) is 57.4 Å². The summed E-state index contributed by atoms with van der Waals surface area (Å²) in [7, 11) is 8.73. The number of amides is 5. The summed E-state index contributed by atoms with van der Waals surface area (Å²) in [6.45, 7) is 0.528. The Bertz CT molecular complexity index is 1330. The van der Waals surface area contributed by atoms with Crippen LogP contribution in [0.3, 0.4) is 0 Å². The van der Waals surface area contributed by atoms with Crippen molar-refractivity contribution in [2.24, 2.45) is 0 Å². The molecule has 1 aromatic heterocycles. The third-order valence-corrected chi connectivity index (χ3v) is 7.53. The van der Waals surface area contributed by atoms with Gasteiger partial charge in [0.05, 0.1) is 65.7 Å². The number of carbonyl (C=O) groups excluding carboxylic acids is 3. The highest BCUT2D eigenvalue weighted by atomic mass is 16.5. The highest BCUT2D eigenvalue weighted by molar-refractivity contribution is 5.76. The van der Waals surface area contributed by atoms with Crippen molar-refractivity contribution in [3.8, 4) is 0 Å². The molecule has 0 saturated carbocycles. The molecule has 0 aliphatic heterocycles. The first-order valence-electron chi connectivity index (χ1n) is 17.6. The first-order chi connectivity index (χ1) is 26.6. The number of urea groups is 2. The minimum atomic E-state index is -0.865. The molecule has 5 amide bonds. The molecule has 55 heavy (non-hydrogen) atoms. The normalized spacial score (nSPS) is 11.1. The molecule has 318 valence electrons. The standard InChI is InChI=1S/C32H60N8O15/c1-47-16-8-27(41)35(24-50-4)9-7-15-53-19-12-38-30(44)39(13-20-54-17-10-36(25-51-5)28(42)33-22-48-2)32(46)40(31(38)45)14-21-55-18-11-37(26-52-6)29(43)34-23-49-3/h7-26H2,1-6H3,(H,33,42)(H,34,43). The van der Waals surface area contributed by atoms with Gasteiger partial charge in [0.15, 0.2) is 0 Å². The summed E-state index contributed by atoms with van der Waals surface area (Å²) in [5, 5.41) is 5.09. The van der Waals surface area contributed by atoms with Crippen LogP contribution < -0.4 is 27.7 Å². The highest BCUT2D eigenvalue weighted by Crippen LogP contribution is 1.99. The van der Waals surface area contributed by atoms with Crippen LogP contribution in [0.4, 0.5) is 9.59 Å². The van der Waals surface area contributed by atoms with Gasteiger partial charge in [0.1, 0.15) is 33.7 Å². The summed E-state index contributed by atoms with van der Waals surface area (Å²) in [6.07, 6.45) is 0.666. The fourth-order valence-corrected chi connectivity index (χ4v) is 4.75. The van der Waals surface area contributed by atoms with Crippen LogP contribution >= 0.6 is 0 Å². The van der Waals surface area contributed by atoms with Crippen LogP contribution in [0.5, 0.6) is 0 Å². The predicted octanol–water partition coefficient (Wildman–Crippen LogP) is -2.48. The molecule has 0 aliphatic carbocycles. The molecule has 1 rings (SSSR count). The maximum atomic E-state index is 13.5. The third-order valence-electron chi connectivity index (χ3n) is 7.53. The van der Waals surface area contributed by atoms with Crippen LogP contribution in [0, 0.1) is 0 Å². The zero-order valence-electron chi connectivity index (χ0n) is 32.9. The van der Waals surface area contributed by atoms with E-state index < -0.39 is 29.1 Å². The number of rotatable bonds is 32. The molecule has 0 saturated heterocycles. The predicted molar refractivity (Wildman–Crippen MR) is 194 cm³/mol. The fraction of sp³-hybridized carbons (Fsp3) is 0.812. The fourth-order valence-electron chi connectivity index (χ4n) is 4.75. The number of hydrogen-bond acceptors (Lipinski definition) is 15. The van der Waals surface area contributed by atoms with Gasteiger partial charge in [0.2, 0.25) is 5.91 Å². The minimum absolute atomic E-state index is 0.00248. The Kier molecular flexibility index (Phi) is 27.0. The number of carbonyl (C=O) groups is 3. The summed E-state index contributed by atoms with van der Waals surface area (Å²) in [5.74, 6) is -0.134. The van der Waals surface area contributed by atoms with Crippen molar-refractivity contribution in [2.45, 2.75) is 32.5 Å². The van der Waals surface area contributed by atoms with Crippen molar-refractivity contribution in [2.75, 3.05) is 142 Å². The summed E-state index contributed by atoms with van der Waals surface area (Å²) in [5.41, 5.74) is -2.58. The van der Waals surface area contributed by atoms with Crippen LogP contribution in [-0.2, 0) is 67.1 Å². The summed E-state index contributed by atoms with van der Waals surface area (Å²) in [4.78, 5) is 81.5. The van der Waals surface area contributed by atoms with Crippen LogP contribution in [0.25, 0.3) is 0 Å². The average Bonchev–Trinajstić information content (AvgIpc) is 3.17. The van der Waals surface area contributed by atoms with Gasteiger partial charge < -0.3 is 58.2 Å². The average molecular weight is 797 g/mol. The monoisotopic (exact) mass is 796 g/mol. The maximum Gasteiger partial charge on any atom is 0.336 e. The van der Waals surface area contributed by atoms with E-state index in [9.17, 15) is 28.8 Å². The van der Waals surface area contributed by atoms with Gasteiger partial charge in [0, 0.05) is 68.9 Å².